The predicted molar refractivity (Wildman–Crippen MR) is 120 cm³/mol. The highest BCUT2D eigenvalue weighted by atomic mass is 16.2. The molecule has 8 nitrogen and oxygen atoms in total. The molecule has 0 atom stereocenters. The van der Waals surface area contributed by atoms with Crippen LogP contribution in [-0.4, -0.2) is 28.1 Å². The summed E-state index contributed by atoms with van der Waals surface area (Å²) in [6.07, 6.45) is 3.74. The maximum atomic E-state index is 13.2. The third-order valence-corrected chi connectivity index (χ3v) is 5.74. The van der Waals surface area contributed by atoms with E-state index < -0.39 is 17.2 Å². The van der Waals surface area contributed by atoms with E-state index in [1.165, 1.54) is 4.57 Å². The van der Waals surface area contributed by atoms with E-state index in [9.17, 15) is 14.4 Å². The molecule has 0 aliphatic carbocycles. The molecule has 0 spiro atoms. The number of amides is 1. The summed E-state index contributed by atoms with van der Waals surface area (Å²) in [6, 6.07) is 5.63. The SMILES string of the molecule is CCCn1c(N)c(N2CCCCC2)c(=O)n(CC(=O)Nc2cccc(C)c2C)c1=O. The molecule has 1 aliphatic rings. The first-order valence-corrected chi connectivity index (χ1v) is 10.6. The molecule has 2 aromatic rings. The van der Waals surface area contributed by atoms with Gasteiger partial charge in [-0.3, -0.25) is 14.2 Å². The van der Waals surface area contributed by atoms with Crippen LogP contribution in [0, 0.1) is 13.8 Å². The summed E-state index contributed by atoms with van der Waals surface area (Å²) < 4.78 is 2.42. The van der Waals surface area contributed by atoms with Gasteiger partial charge in [-0.05, 0) is 56.7 Å². The Balaban J connectivity index is 1.99. The normalized spacial score (nSPS) is 14.0. The zero-order chi connectivity index (χ0) is 21.8. The van der Waals surface area contributed by atoms with Crippen LogP contribution >= 0.6 is 0 Å². The van der Waals surface area contributed by atoms with Gasteiger partial charge in [0.1, 0.15) is 18.1 Å². The minimum absolute atomic E-state index is 0.194. The summed E-state index contributed by atoms with van der Waals surface area (Å²) in [5.74, 6) is -0.222. The highest BCUT2D eigenvalue weighted by Crippen LogP contribution is 2.22. The Kier molecular flexibility index (Phi) is 6.64. The number of carbonyl (C=O) groups excluding carboxylic acids is 1. The van der Waals surface area contributed by atoms with E-state index in [2.05, 4.69) is 5.32 Å². The summed E-state index contributed by atoms with van der Waals surface area (Å²) >= 11 is 0. The van der Waals surface area contributed by atoms with Gasteiger partial charge in [0.05, 0.1) is 0 Å². The smallest absolute Gasteiger partial charge is 0.333 e. The Morgan fingerprint density at radius 3 is 2.47 bits per heavy atom. The average molecular weight is 414 g/mol. The van der Waals surface area contributed by atoms with E-state index in [-0.39, 0.29) is 12.4 Å². The average Bonchev–Trinajstić information content (AvgIpc) is 2.73. The van der Waals surface area contributed by atoms with Crippen LogP contribution in [0.2, 0.25) is 0 Å². The van der Waals surface area contributed by atoms with Crippen molar-refractivity contribution in [1.29, 1.82) is 0 Å². The highest BCUT2D eigenvalue weighted by Gasteiger charge is 2.24. The molecule has 162 valence electrons. The molecule has 3 N–H and O–H groups in total. The first kappa shape index (κ1) is 21.7. The molecule has 8 heteroatoms. The lowest BCUT2D eigenvalue weighted by Gasteiger charge is -2.30. The minimum atomic E-state index is -0.545. The number of nitrogens with zero attached hydrogens (tertiary/aromatic N) is 3. The molecule has 3 rings (SSSR count). The van der Waals surface area contributed by atoms with Gasteiger partial charge < -0.3 is 16.0 Å². The Bertz CT molecular complexity index is 1050. The number of hydrogen-bond donors (Lipinski definition) is 2. The molecule has 30 heavy (non-hydrogen) atoms. The summed E-state index contributed by atoms with van der Waals surface area (Å²) in [4.78, 5) is 40.9. The van der Waals surface area contributed by atoms with Gasteiger partial charge in [-0.1, -0.05) is 19.1 Å². The van der Waals surface area contributed by atoms with E-state index in [0.29, 0.717) is 24.3 Å². The Labute approximate surface area is 176 Å². The zero-order valence-electron chi connectivity index (χ0n) is 18.0. The van der Waals surface area contributed by atoms with Crippen molar-refractivity contribution < 1.29 is 4.79 Å². The lowest BCUT2D eigenvalue weighted by molar-refractivity contribution is -0.116. The van der Waals surface area contributed by atoms with Gasteiger partial charge in [-0.15, -0.1) is 0 Å². The molecule has 0 radical (unpaired) electrons. The minimum Gasteiger partial charge on any atom is -0.383 e. The number of aryl methyl sites for hydroxylation is 1. The number of nitrogen functional groups attached to an aromatic ring is 1. The van der Waals surface area contributed by atoms with Gasteiger partial charge >= 0.3 is 5.69 Å². The zero-order valence-corrected chi connectivity index (χ0v) is 18.0. The molecule has 2 heterocycles. The topological polar surface area (TPSA) is 102 Å². The summed E-state index contributed by atoms with van der Waals surface area (Å²) in [6.45, 7) is 7.30. The molecule has 1 amide bonds. The van der Waals surface area contributed by atoms with Gasteiger partial charge in [0.15, 0.2) is 0 Å². The molecule has 1 aromatic carbocycles. The Morgan fingerprint density at radius 2 is 1.80 bits per heavy atom. The van der Waals surface area contributed by atoms with Gasteiger partial charge in [0.2, 0.25) is 5.91 Å². The number of benzene rings is 1. The van der Waals surface area contributed by atoms with E-state index >= 15 is 0 Å². The second-order valence-electron chi connectivity index (χ2n) is 7.90. The number of anilines is 3. The van der Waals surface area contributed by atoms with Crippen LogP contribution < -0.4 is 27.2 Å². The lowest BCUT2D eigenvalue weighted by atomic mass is 10.1. The number of nitrogens with two attached hydrogens (primary N) is 1. The van der Waals surface area contributed by atoms with Gasteiger partial charge in [-0.25, -0.2) is 9.36 Å². The maximum absolute atomic E-state index is 13.2. The molecular formula is C22H31N5O3. The van der Waals surface area contributed by atoms with Crippen LogP contribution in [0.15, 0.2) is 27.8 Å². The molecule has 1 aromatic heterocycles. The fourth-order valence-electron chi connectivity index (χ4n) is 3.91. The third kappa shape index (κ3) is 4.27. The summed E-state index contributed by atoms with van der Waals surface area (Å²) in [5, 5.41) is 2.83. The molecule has 0 saturated carbocycles. The Morgan fingerprint density at radius 1 is 1.10 bits per heavy atom. The van der Waals surface area contributed by atoms with E-state index in [1.54, 1.807) is 6.07 Å². The van der Waals surface area contributed by atoms with Crippen molar-refractivity contribution in [3.8, 4) is 0 Å². The fourth-order valence-corrected chi connectivity index (χ4v) is 3.91. The van der Waals surface area contributed by atoms with Crippen molar-refractivity contribution in [2.24, 2.45) is 0 Å². The Hall–Kier alpha value is -3.03. The van der Waals surface area contributed by atoms with Gasteiger partial charge in [0, 0.05) is 25.3 Å². The van der Waals surface area contributed by atoms with Crippen molar-refractivity contribution in [3.63, 3.8) is 0 Å². The summed E-state index contributed by atoms with van der Waals surface area (Å²) in [7, 11) is 0. The number of carbonyl (C=O) groups is 1. The monoisotopic (exact) mass is 413 g/mol. The number of hydrogen-bond acceptors (Lipinski definition) is 5. The van der Waals surface area contributed by atoms with Crippen molar-refractivity contribution in [2.45, 2.75) is 59.5 Å². The van der Waals surface area contributed by atoms with Crippen molar-refractivity contribution in [2.75, 3.05) is 29.0 Å². The van der Waals surface area contributed by atoms with Crippen molar-refractivity contribution in [3.05, 3.63) is 50.2 Å². The second kappa shape index (κ2) is 9.19. The van der Waals surface area contributed by atoms with E-state index in [0.717, 1.165) is 48.0 Å². The van der Waals surface area contributed by atoms with E-state index in [4.69, 9.17) is 5.73 Å². The summed E-state index contributed by atoms with van der Waals surface area (Å²) in [5.41, 5.74) is 8.24. The molecule has 1 saturated heterocycles. The van der Waals surface area contributed by atoms with Crippen LogP contribution in [0.1, 0.15) is 43.7 Å². The van der Waals surface area contributed by atoms with Crippen LogP contribution in [-0.2, 0) is 17.9 Å². The molecule has 1 fully saturated rings. The lowest BCUT2D eigenvalue weighted by Crippen LogP contribution is -2.47. The van der Waals surface area contributed by atoms with Gasteiger partial charge in [0.25, 0.3) is 5.56 Å². The van der Waals surface area contributed by atoms with Crippen molar-refractivity contribution in [1.82, 2.24) is 9.13 Å². The molecule has 0 bridgehead atoms. The largest absolute Gasteiger partial charge is 0.383 e. The van der Waals surface area contributed by atoms with Crippen molar-refractivity contribution >= 4 is 23.1 Å². The first-order valence-electron chi connectivity index (χ1n) is 10.6. The number of rotatable bonds is 6. The predicted octanol–water partition coefficient (Wildman–Crippen LogP) is 2.25. The standard InChI is InChI=1S/C22H31N5O3/c1-4-11-26-20(23)19(25-12-6-5-7-13-25)21(29)27(22(26)30)14-18(28)24-17-10-8-9-15(2)16(17)3/h8-10H,4-7,11-14,23H2,1-3H3,(H,24,28). The number of nitrogens with one attached hydrogen (secondary N) is 1. The second-order valence-corrected chi connectivity index (χ2v) is 7.90. The quantitative estimate of drug-likeness (QED) is 0.756. The highest BCUT2D eigenvalue weighted by molar-refractivity contribution is 5.91. The molecular weight excluding hydrogens is 382 g/mol. The first-order chi connectivity index (χ1) is 14.3. The van der Waals surface area contributed by atoms with Crippen LogP contribution in [0.25, 0.3) is 0 Å². The fraction of sp³-hybridized carbons (Fsp3) is 0.500. The number of piperidine rings is 1. The van der Waals surface area contributed by atoms with Crippen LogP contribution in [0.5, 0.6) is 0 Å². The van der Waals surface area contributed by atoms with Crippen LogP contribution in [0.4, 0.5) is 17.2 Å². The third-order valence-electron chi connectivity index (χ3n) is 5.74. The molecule has 0 unspecified atom stereocenters. The van der Waals surface area contributed by atoms with Gasteiger partial charge in [-0.2, -0.15) is 0 Å². The number of aromatic nitrogens is 2. The maximum Gasteiger partial charge on any atom is 0.333 e. The van der Waals surface area contributed by atoms with E-state index in [1.807, 2.05) is 37.8 Å². The van der Waals surface area contributed by atoms with Crippen LogP contribution in [0.3, 0.4) is 0 Å². The molecule has 1 aliphatic heterocycles.